The van der Waals surface area contributed by atoms with Crippen molar-refractivity contribution in [3.8, 4) is 23.0 Å². The van der Waals surface area contributed by atoms with Crippen LogP contribution in [-0.2, 0) is 19.8 Å². The molecule has 0 aromatic heterocycles. The van der Waals surface area contributed by atoms with Gasteiger partial charge in [-0.05, 0) is 71.5 Å². The maximum atomic E-state index is 13.2. The average Bonchev–Trinajstić information content (AvgIpc) is 3.02. The highest BCUT2D eigenvalue weighted by molar-refractivity contribution is 6.09. The van der Waals surface area contributed by atoms with E-state index in [1.807, 2.05) is 123 Å². The number of allylic oxidation sites excluding steroid dienone is 1. The van der Waals surface area contributed by atoms with Crippen LogP contribution in [-0.4, -0.2) is 10.9 Å². The number of carbonyl (C=O) groups is 1. The van der Waals surface area contributed by atoms with Crippen molar-refractivity contribution in [2.45, 2.75) is 33.7 Å². The van der Waals surface area contributed by atoms with Gasteiger partial charge in [-0.15, -0.1) is 0 Å². The Morgan fingerprint density at radius 3 is 1.58 bits per heavy atom. The smallest absolute Gasteiger partial charge is 0.203 e. The molecule has 5 aromatic rings. The van der Waals surface area contributed by atoms with E-state index in [1.54, 1.807) is 12.1 Å². The number of ether oxygens (including phenoxy) is 3. The second-order valence-corrected chi connectivity index (χ2v) is 10.3. The fraction of sp³-hybridized carbons (Fsp3) is 0.132. The largest absolute Gasteiger partial charge is 0.507 e. The molecule has 0 fully saturated rings. The van der Waals surface area contributed by atoms with Gasteiger partial charge in [-0.1, -0.05) is 103 Å². The van der Waals surface area contributed by atoms with Crippen molar-refractivity contribution in [3.05, 3.63) is 160 Å². The molecule has 0 aliphatic heterocycles. The van der Waals surface area contributed by atoms with E-state index in [0.29, 0.717) is 42.6 Å². The van der Waals surface area contributed by atoms with Crippen LogP contribution in [0.3, 0.4) is 0 Å². The van der Waals surface area contributed by atoms with Gasteiger partial charge < -0.3 is 19.3 Å². The van der Waals surface area contributed by atoms with Gasteiger partial charge >= 0.3 is 0 Å². The summed E-state index contributed by atoms with van der Waals surface area (Å²) in [6.45, 7) is 4.67. The van der Waals surface area contributed by atoms with Gasteiger partial charge in [0.15, 0.2) is 17.3 Å². The quantitative estimate of drug-likeness (QED) is 0.120. The molecule has 0 atom stereocenters. The minimum Gasteiger partial charge on any atom is -0.507 e. The summed E-state index contributed by atoms with van der Waals surface area (Å²) in [6.07, 6.45) is 3.16. The normalized spacial score (nSPS) is 10.9. The summed E-state index contributed by atoms with van der Waals surface area (Å²) in [5, 5.41) is 10.5. The lowest BCUT2D eigenvalue weighted by Gasteiger charge is -2.18. The first-order valence-corrected chi connectivity index (χ1v) is 14.2. The van der Waals surface area contributed by atoms with Crippen LogP contribution in [0.25, 0.3) is 6.08 Å². The minimum atomic E-state index is -0.294. The van der Waals surface area contributed by atoms with Gasteiger partial charge in [0.05, 0.1) is 5.56 Å². The van der Waals surface area contributed by atoms with Crippen LogP contribution >= 0.6 is 0 Å². The molecule has 0 saturated heterocycles. The predicted molar refractivity (Wildman–Crippen MR) is 170 cm³/mol. The Morgan fingerprint density at radius 1 is 0.651 bits per heavy atom. The molecule has 0 unspecified atom stereocenters. The number of benzene rings is 5. The topological polar surface area (TPSA) is 65.0 Å². The lowest BCUT2D eigenvalue weighted by atomic mass is 10.00. The number of phenolic OH excluding ortho intramolecular Hbond substituents is 1. The molecule has 1 N–H and O–H groups in total. The molecule has 5 rings (SSSR count). The van der Waals surface area contributed by atoms with Gasteiger partial charge in [0.25, 0.3) is 0 Å². The van der Waals surface area contributed by atoms with Gasteiger partial charge in [0.1, 0.15) is 25.6 Å². The van der Waals surface area contributed by atoms with Gasteiger partial charge in [-0.3, -0.25) is 4.79 Å². The molecule has 0 aliphatic rings. The monoisotopic (exact) mass is 570 g/mol. The van der Waals surface area contributed by atoms with E-state index in [2.05, 4.69) is 0 Å². The summed E-state index contributed by atoms with van der Waals surface area (Å²) >= 11 is 0. The summed E-state index contributed by atoms with van der Waals surface area (Å²) in [7, 11) is 0. The number of rotatable bonds is 12. The van der Waals surface area contributed by atoms with Gasteiger partial charge in [-0.25, -0.2) is 0 Å². The van der Waals surface area contributed by atoms with Crippen LogP contribution in [0, 0.1) is 13.8 Å². The maximum absolute atomic E-state index is 13.2. The summed E-state index contributed by atoms with van der Waals surface area (Å²) in [4.78, 5) is 13.2. The Morgan fingerprint density at radius 2 is 1.12 bits per heavy atom. The number of hydrogen-bond acceptors (Lipinski definition) is 5. The van der Waals surface area contributed by atoms with Crippen LogP contribution in [0.5, 0.6) is 23.0 Å². The zero-order chi connectivity index (χ0) is 30.0. The zero-order valence-corrected chi connectivity index (χ0v) is 24.3. The maximum Gasteiger partial charge on any atom is 0.203 e. The van der Waals surface area contributed by atoms with Crippen molar-refractivity contribution in [3.63, 3.8) is 0 Å². The van der Waals surface area contributed by atoms with Gasteiger partial charge in [-0.2, -0.15) is 0 Å². The average molecular weight is 571 g/mol. The van der Waals surface area contributed by atoms with Crippen LogP contribution in [0.4, 0.5) is 0 Å². The molecular formula is C38H34O5. The second-order valence-electron chi connectivity index (χ2n) is 10.3. The van der Waals surface area contributed by atoms with Crippen LogP contribution in [0.15, 0.2) is 121 Å². The lowest BCUT2D eigenvalue weighted by Crippen LogP contribution is -2.05. The number of carbonyl (C=O) groups excluding carboxylic acids is 1. The Labute approximate surface area is 252 Å². The highest BCUT2D eigenvalue weighted by Gasteiger charge is 2.17. The molecule has 0 heterocycles. The van der Waals surface area contributed by atoms with Crippen LogP contribution < -0.4 is 14.2 Å². The van der Waals surface area contributed by atoms with Crippen molar-refractivity contribution in [2.75, 3.05) is 0 Å². The molecule has 0 aliphatic carbocycles. The lowest BCUT2D eigenvalue weighted by molar-refractivity contribution is 0.104. The van der Waals surface area contributed by atoms with E-state index < -0.39 is 0 Å². The van der Waals surface area contributed by atoms with Crippen LogP contribution in [0.2, 0.25) is 0 Å². The third kappa shape index (κ3) is 7.92. The third-order valence-electron chi connectivity index (χ3n) is 6.88. The number of aromatic hydroxyl groups is 1. The summed E-state index contributed by atoms with van der Waals surface area (Å²) in [5.41, 5.74) is 5.60. The molecule has 0 amide bonds. The van der Waals surface area contributed by atoms with Gasteiger partial charge in [0, 0.05) is 0 Å². The highest BCUT2D eigenvalue weighted by Crippen LogP contribution is 2.41. The molecular weight excluding hydrogens is 536 g/mol. The molecule has 43 heavy (non-hydrogen) atoms. The summed E-state index contributed by atoms with van der Waals surface area (Å²) in [6, 6.07) is 36.8. The number of phenols is 1. The SMILES string of the molecule is Cc1cc(C)c(C(=O)C=Cc2cc(OCc3ccccc3)c(OCc3ccccc3)c(OCc3ccccc3)c2)c(O)c1. The first-order valence-electron chi connectivity index (χ1n) is 14.2. The van der Waals surface area contributed by atoms with Crippen molar-refractivity contribution < 1.29 is 24.1 Å². The van der Waals surface area contributed by atoms with Crippen molar-refractivity contribution in [1.82, 2.24) is 0 Å². The number of aryl methyl sites for hydroxylation is 2. The molecule has 0 saturated carbocycles. The molecule has 0 bridgehead atoms. The zero-order valence-electron chi connectivity index (χ0n) is 24.3. The standard InChI is InChI=1S/C38H34O5/c1-27-20-28(2)37(34(40)21-27)33(39)19-18-32-22-35(41-24-29-12-6-3-7-13-29)38(43-26-31-16-10-5-11-17-31)36(23-32)42-25-30-14-8-4-9-15-30/h3-23,40H,24-26H2,1-2H3. The predicted octanol–water partition coefficient (Wildman–Crippen LogP) is 8.64. The van der Waals surface area contributed by atoms with E-state index in [-0.39, 0.29) is 17.1 Å². The van der Waals surface area contributed by atoms with Gasteiger partial charge in [0.2, 0.25) is 5.75 Å². The Balaban J connectivity index is 1.51. The fourth-order valence-corrected chi connectivity index (χ4v) is 4.77. The summed E-state index contributed by atoms with van der Waals surface area (Å²) < 4.78 is 19.0. The molecule has 5 aromatic carbocycles. The second kappa shape index (κ2) is 14.1. The van der Waals surface area contributed by atoms with Crippen molar-refractivity contribution in [2.24, 2.45) is 0 Å². The molecule has 0 radical (unpaired) electrons. The Kier molecular flexibility index (Phi) is 9.55. The summed E-state index contributed by atoms with van der Waals surface area (Å²) in [5.74, 6) is 1.14. The van der Waals surface area contributed by atoms with Crippen molar-refractivity contribution >= 4 is 11.9 Å². The Bertz CT molecular complexity index is 1610. The minimum absolute atomic E-state index is 0.0319. The van der Waals surface area contributed by atoms with E-state index in [0.717, 1.165) is 27.8 Å². The fourth-order valence-electron chi connectivity index (χ4n) is 4.77. The Hall–Kier alpha value is -5.29. The van der Waals surface area contributed by atoms with E-state index in [4.69, 9.17) is 14.2 Å². The van der Waals surface area contributed by atoms with E-state index in [9.17, 15) is 9.90 Å². The van der Waals surface area contributed by atoms with Crippen molar-refractivity contribution in [1.29, 1.82) is 0 Å². The first-order chi connectivity index (χ1) is 21.0. The molecule has 0 spiro atoms. The number of ketones is 1. The third-order valence-corrected chi connectivity index (χ3v) is 6.88. The van der Waals surface area contributed by atoms with E-state index in [1.165, 1.54) is 6.08 Å². The highest BCUT2D eigenvalue weighted by atomic mass is 16.5. The molecule has 5 heteroatoms. The van der Waals surface area contributed by atoms with E-state index >= 15 is 0 Å². The molecule has 5 nitrogen and oxygen atoms in total. The number of hydrogen-bond donors (Lipinski definition) is 1. The molecule has 216 valence electrons. The van der Waals surface area contributed by atoms with Crippen LogP contribution in [0.1, 0.15) is 43.7 Å². The first kappa shape index (κ1) is 29.2.